The summed E-state index contributed by atoms with van der Waals surface area (Å²) in [6.07, 6.45) is -0.753. The predicted octanol–water partition coefficient (Wildman–Crippen LogP) is 2.30. The van der Waals surface area contributed by atoms with Gasteiger partial charge in [-0.15, -0.1) is 0 Å². The maximum absolute atomic E-state index is 12.9. The Labute approximate surface area is 101 Å². The van der Waals surface area contributed by atoms with Crippen LogP contribution >= 0.6 is 0 Å². The molecular formula is C13H19FO3. The molecule has 0 aliphatic carbocycles. The van der Waals surface area contributed by atoms with Crippen LogP contribution < -0.4 is 4.74 Å². The number of halogens is 1. The Bertz CT molecular complexity index is 377. The zero-order valence-electron chi connectivity index (χ0n) is 10.7. The fraction of sp³-hybridized carbons (Fsp3) is 0.538. The van der Waals surface area contributed by atoms with E-state index in [1.54, 1.807) is 26.8 Å². The molecule has 1 unspecified atom stereocenters. The number of rotatable bonds is 5. The molecule has 1 atom stereocenters. The van der Waals surface area contributed by atoms with Gasteiger partial charge in [0, 0.05) is 7.11 Å². The molecule has 0 spiro atoms. The second-order valence-corrected chi connectivity index (χ2v) is 4.54. The SMILES string of the molecule is COC(C)(C)C(O)COc1ccc(F)cc1C. The van der Waals surface area contributed by atoms with E-state index in [0.29, 0.717) is 11.3 Å². The highest BCUT2D eigenvalue weighted by Crippen LogP contribution is 2.20. The Morgan fingerprint density at radius 3 is 2.59 bits per heavy atom. The molecule has 1 aromatic rings. The van der Waals surface area contributed by atoms with Crippen LogP contribution in [0.3, 0.4) is 0 Å². The summed E-state index contributed by atoms with van der Waals surface area (Å²) >= 11 is 0. The van der Waals surface area contributed by atoms with E-state index in [-0.39, 0.29) is 12.4 Å². The molecule has 0 aromatic heterocycles. The fourth-order valence-corrected chi connectivity index (χ4v) is 1.28. The van der Waals surface area contributed by atoms with E-state index in [2.05, 4.69) is 0 Å². The molecule has 3 nitrogen and oxygen atoms in total. The normalized spacial score (nSPS) is 13.5. The van der Waals surface area contributed by atoms with Crippen molar-refractivity contribution in [3.05, 3.63) is 29.6 Å². The average Bonchev–Trinajstić information content (AvgIpc) is 2.27. The van der Waals surface area contributed by atoms with Gasteiger partial charge in [0.05, 0.1) is 5.60 Å². The van der Waals surface area contributed by atoms with Crippen molar-refractivity contribution in [3.63, 3.8) is 0 Å². The molecule has 0 amide bonds. The van der Waals surface area contributed by atoms with Crippen molar-refractivity contribution in [1.82, 2.24) is 0 Å². The summed E-state index contributed by atoms with van der Waals surface area (Å²) in [5.74, 6) is 0.268. The minimum Gasteiger partial charge on any atom is -0.490 e. The molecule has 1 aromatic carbocycles. The molecule has 1 rings (SSSR count). The van der Waals surface area contributed by atoms with Crippen LogP contribution in [0.25, 0.3) is 0 Å². The Balaban J connectivity index is 2.62. The number of hydrogen-bond acceptors (Lipinski definition) is 3. The van der Waals surface area contributed by atoms with Crippen molar-refractivity contribution in [3.8, 4) is 5.75 Å². The van der Waals surface area contributed by atoms with Gasteiger partial charge < -0.3 is 14.6 Å². The number of benzene rings is 1. The van der Waals surface area contributed by atoms with E-state index < -0.39 is 11.7 Å². The quantitative estimate of drug-likeness (QED) is 0.861. The molecule has 1 N–H and O–H groups in total. The minimum absolute atomic E-state index is 0.104. The van der Waals surface area contributed by atoms with Gasteiger partial charge in [0.15, 0.2) is 0 Å². The van der Waals surface area contributed by atoms with Crippen molar-refractivity contribution in [2.75, 3.05) is 13.7 Å². The summed E-state index contributed by atoms with van der Waals surface area (Å²) in [4.78, 5) is 0. The predicted molar refractivity (Wildman–Crippen MR) is 63.7 cm³/mol. The van der Waals surface area contributed by atoms with Gasteiger partial charge in [-0.25, -0.2) is 4.39 Å². The fourth-order valence-electron chi connectivity index (χ4n) is 1.28. The first-order chi connectivity index (χ1) is 7.86. The Morgan fingerprint density at radius 1 is 1.41 bits per heavy atom. The van der Waals surface area contributed by atoms with Gasteiger partial charge in [0.25, 0.3) is 0 Å². The largest absolute Gasteiger partial charge is 0.490 e. The van der Waals surface area contributed by atoms with Gasteiger partial charge in [-0.3, -0.25) is 0 Å². The molecule has 0 heterocycles. The van der Waals surface area contributed by atoms with Crippen molar-refractivity contribution in [2.45, 2.75) is 32.5 Å². The first-order valence-corrected chi connectivity index (χ1v) is 5.49. The van der Waals surface area contributed by atoms with E-state index in [1.165, 1.54) is 19.2 Å². The van der Waals surface area contributed by atoms with Crippen LogP contribution in [0.2, 0.25) is 0 Å². The van der Waals surface area contributed by atoms with Gasteiger partial charge in [0.2, 0.25) is 0 Å². The smallest absolute Gasteiger partial charge is 0.123 e. The lowest BCUT2D eigenvalue weighted by molar-refractivity contribution is -0.0915. The topological polar surface area (TPSA) is 38.7 Å². The van der Waals surface area contributed by atoms with E-state index in [4.69, 9.17) is 9.47 Å². The van der Waals surface area contributed by atoms with E-state index >= 15 is 0 Å². The molecule has 0 aliphatic heterocycles. The lowest BCUT2D eigenvalue weighted by Crippen LogP contribution is -2.42. The summed E-state index contributed by atoms with van der Waals surface area (Å²) in [6.45, 7) is 5.41. The lowest BCUT2D eigenvalue weighted by atomic mass is 10.0. The molecule has 0 bridgehead atoms. The Hall–Kier alpha value is -1.13. The zero-order chi connectivity index (χ0) is 13.1. The van der Waals surface area contributed by atoms with Crippen LogP contribution in [-0.4, -0.2) is 30.5 Å². The maximum Gasteiger partial charge on any atom is 0.123 e. The van der Waals surface area contributed by atoms with Gasteiger partial charge >= 0.3 is 0 Å². The second-order valence-electron chi connectivity index (χ2n) is 4.54. The Morgan fingerprint density at radius 2 is 2.06 bits per heavy atom. The first kappa shape index (κ1) is 13.9. The molecule has 0 radical (unpaired) electrons. The third-order valence-corrected chi connectivity index (χ3v) is 2.86. The summed E-state index contributed by atoms with van der Waals surface area (Å²) in [6, 6.07) is 4.27. The van der Waals surface area contributed by atoms with Gasteiger partial charge in [-0.1, -0.05) is 0 Å². The van der Waals surface area contributed by atoms with Crippen LogP contribution in [0.1, 0.15) is 19.4 Å². The molecule has 96 valence electrons. The standard InChI is InChI=1S/C13H19FO3/c1-9-7-10(14)5-6-11(9)17-8-12(15)13(2,3)16-4/h5-7,12,15H,8H2,1-4H3. The number of aryl methyl sites for hydroxylation is 1. The highest BCUT2D eigenvalue weighted by molar-refractivity contribution is 5.32. The first-order valence-electron chi connectivity index (χ1n) is 5.49. The number of hydrogen-bond donors (Lipinski definition) is 1. The van der Waals surface area contributed by atoms with E-state index in [0.717, 1.165) is 0 Å². The van der Waals surface area contributed by atoms with Crippen LogP contribution in [-0.2, 0) is 4.74 Å². The molecule has 0 saturated heterocycles. The number of aliphatic hydroxyl groups is 1. The highest BCUT2D eigenvalue weighted by Gasteiger charge is 2.28. The van der Waals surface area contributed by atoms with E-state index in [1.807, 2.05) is 0 Å². The Kier molecular flexibility index (Phi) is 4.48. The van der Waals surface area contributed by atoms with Crippen molar-refractivity contribution < 1.29 is 19.0 Å². The minimum atomic E-state index is -0.753. The maximum atomic E-state index is 12.9. The van der Waals surface area contributed by atoms with Crippen molar-refractivity contribution in [1.29, 1.82) is 0 Å². The van der Waals surface area contributed by atoms with Gasteiger partial charge in [-0.2, -0.15) is 0 Å². The molecule has 0 saturated carbocycles. The highest BCUT2D eigenvalue weighted by atomic mass is 19.1. The molecule has 17 heavy (non-hydrogen) atoms. The van der Waals surface area contributed by atoms with E-state index in [9.17, 15) is 9.50 Å². The van der Waals surface area contributed by atoms with Crippen molar-refractivity contribution >= 4 is 0 Å². The summed E-state index contributed by atoms with van der Waals surface area (Å²) < 4.78 is 23.5. The second kappa shape index (κ2) is 5.47. The summed E-state index contributed by atoms with van der Waals surface area (Å²) in [7, 11) is 1.53. The number of methoxy groups -OCH3 is 1. The van der Waals surface area contributed by atoms with Crippen LogP contribution in [0.4, 0.5) is 4.39 Å². The van der Waals surface area contributed by atoms with Crippen LogP contribution in [0.15, 0.2) is 18.2 Å². The third kappa shape index (κ3) is 3.68. The van der Waals surface area contributed by atoms with Gasteiger partial charge in [0.1, 0.15) is 24.3 Å². The molecule has 4 heteroatoms. The summed E-state index contributed by atoms with van der Waals surface area (Å²) in [5.41, 5.74) is 0.0286. The monoisotopic (exact) mass is 242 g/mol. The van der Waals surface area contributed by atoms with Crippen LogP contribution in [0, 0.1) is 12.7 Å². The molecule has 0 fully saturated rings. The average molecular weight is 242 g/mol. The number of ether oxygens (including phenoxy) is 2. The molecule has 0 aliphatic rings. The van der Waals surface area contributed by atoms with Crippen LogP contribution in [0.5, 0.6) is 5.75 Å². The van der Waals surface area contributed by atoms with Gasteiger partial charge in [-0.05, 0) is 44.5 Å². The third-order valence-electron chi connectivity index (χ3n) is 2.86. The lowest BCUT2D eigenvalue weighted by Gasteiger charge is -2.29. The number of aliphatic hydroxyl groups excluding tert-OH is 1. The zero-order valence-corrected chi connectivity index (χ0v) is 10.7. The summed E-state index contributed by atoms with van der Waals surface area (Å²) in [5, 5.41) is 9.86. The molecular weight excluding hydrogens is 223 g/mol. The van der Waals surface area contributed by atoms with Crippen molar-refractivity contribution in [2.24, 2.45) is 0 Å².